The average molecular weight is 239 g/mol. The monoisotopic (exact) mass is 239 g/mol. The molecule has 0 aromatic carbocycles. The summed E-state index contributed by atoms with van der Waals surface area (Å²) in [6.07, 6.45) is 7.27. The Morgan fingerprint density at radius 2 is 2.11 bits per heavy atom. The SMILES string of the molecule is O=C(NC1CC1)c1ccc(-c2cccnc2)nc1. The van der Waals surface area contributed by atoms with Crippen molar-refractivity contribution in [2.24, 2.45) is 0 Å². The molecular formula is C14H13N3O. The first-order valence-corrected chi connectivity index (χ1v) is 6.00. The Hall–Kier alpha value is -2.23. The summed E-state index contributed by atoms with van der Waals surface area (Å²) in [7, 11) is 0. The summed E-state index contributed by atoms with van der Waals surface area (Å²) in [5.41, 5.74) is 2.38. The molecule has 1 N–H and O–H groups in total. The molecule has 0 bridgehead atoms. The first-order chi connectivity index (χ1) is 8.83. The van der Waals surface area contributed by atoms with Crippen LogP contribution in [0.15, 0.2) is 42.9 Å². The summed E-state index contributed by atoms with van der Waals surface area (Å²) in [5.74, 6) is -0.0391. The highest BCUT2D eigenvalue weighted by Crippen LogP contribution is 2.20. The van der Waals surface area contributed by atoms with Crippen LogP contribution in [-0.2, 0) is 0 Å². The number of pyridine rings is 2. The molecule has 1 saturated carbocycles. The van der Waals surface area contributed by atoms with Crippen LogP contribution in [0.25, 0.3) is 11.3 Å². The van der Waals surface area contributed by atoms with Gasteiger partial charge in [-0.25, -0.2) is 0 Å². The van der Waals surface area contributed by atoms with Crippen molar-refractivity contribution in [2.45, 2.75) is 18.9 Å². The standard InChI is InChI=1S/C14H13N3O/c18-14(17-12-4-5-12)11-3-6-13(16-9-11)10-2-1-7-15-8-10/h1-3,6-9,12H,4-5H2,(H,17,18). The summed E-state index contributed by atoms with van der Waals surface area (Å²) >= 11 is 0. The molecule has 1 fully saturated rings. The summed E-state index contributed by atoms with van der Waals surface area (Å²) in [6, 6.07) is 7.83. The van der Waals surface area contributed by atoms with Gasteiger partial charge in [0.15, 0.2) is 0 Å². The Morgan fingerprint density at radius 1 is 1.22 bits per heavy atom. The van der Waals surface area contributed by atoms with Crippen LogP contribution in [-0.4, -0.2) is 21.9 Å². The maximum atomic E-state index is 11.8. The van der Waals surface area contributed by atoms with Gasteiger partial charge in [-0.3, -0.25) is 14.8 Å². The zero-order valence-corrected chi connectivity index (χ0v) is 9.84. The number of rotatable bonds is 3. The smallest absolute Gasteiger partial charge is 0.253 e. The van der Waals surface area contributed by atoms with E-state index < -0.39 is 0 Å². The van der Waals surface area contributed by atoms with Crippen LogP contribution >= 0.6 is 0 Å². The predicted octanol–water partition coefficient (Wildman–Crippen LogP) is 2.04. The van der Waals surface area contributed by atoms with E-state index in [9.17, 15) is 4.79 Å². The number of amides is 1. The second kappa shape index (κ2) is 4.56. The number of carbonyl (C=O) groups excluding carboxylic acids is 1. The highest BCUT2D eigenvalue weighted by Gasteiger charge is 2.23. The number of hydrogen-bond acceptors (Lipinski definition) is 3. The number of nitrogens with one attached hydrogen (secondary N) is 1. The molecule has 0 spiro atoms. The molecule has 4 nitrogen and oxygen atoms in total. The van der Waals surface area contributed by atoms with Gasteiger partial charge < -0.3 is 5.32 Å². The van der Waals surface area contributed by atoms with E-state index >= 15 is 0 Å². The normalized spacial score (nSPS) is 14.2. The fraction of sp³-hybridized carbons (Fsp3) is 0.214. The summed E-state index contributed by atoms with van der Waals surface area (Å²) in [5, 5.41) is 2.94. The summed E-state index contributed by atoms with van der Waals surface area (Å²) < 4.78 is 0. The van der Waals surface area contributed by atoms with E-state index in [0.717, 1.165) is 24.1 Å². The van der Waals surface area contributed by atoms with Crippen LogP contribution in [0.5, 0.6) is 0 Å². The molecule has 0 unspecified atom stereocenters. The lowest BCUT2D eigenvalue weighted by Gasteiger charge is -2.04. The van der Waals surface area contributed by atoms with Crippen LogP contribution in [0.3, 0.4) is 0 Å². The minimum atomic E-state index is -0.0391. The van der Waals surface area contributed by atoms with E-state index in [-0.39, 0.29) is 5.91 Å². The van der Waals surface area contributed by atoms with Crippen molar-refractivity contribution in [1.29, 1.82) is 0 Å². The Morgan fingerprint density at radius 3 is 2.72 bits per heavy atom. The predicted molar refractivity (Wildman–Crippen MR) is 68.0 cm³/mol. The van der Waals surface area contributed by atoms with Crippen molar-refractivity contribution in [1.82, 2.24) is 15.3 Å². The van der Waals surface area contributed by atoms with Gasteiger partial charge in [-0.15, -0.1) is 0 Å². The molecule has 0 radical (unpaired) electrons. The van der Waals surface area contributed by atoms with Gasteiger partial charge in [0.25, 0.3) is 5.91 Å². The van der Waals surface area contributed by atoms with Gasteiger partial charge in [0.1, 0.15) is 0 Å². The van der Waals surface area contributed by atoms with Gasteiger partial charge in [-0.2, -0.15) is 0 Å². The molecule has 1 aliphatic carbocycles. The van der Waals surface area contributed by atoms with E-state index in [4.69, 9.17) is 0 Å². The Bertz CT molecular complexity index is 547. The van der Waals surface area contributed by atoms with Crippen molar-refractivity contribution in [3.8, 4) is 11.3 Å². The molecule has 2 aromatic rings. The fourth-order valence-corrected chi connectivity index (χ4v) is 1.71. The molecule has 90 valence electrons. The molecule has 0 atom stereocenters. The Kier molecular flexibility index (Phi) is 2.76. The fourth-order valence-electron chi connectivity index (χ4n) is 1.71. The average Bonchev–Trinajstić information content (AvgIpc) is 3.24. The van der Waals surface area contributed by atoms with Crippen LogP contribution in [0, 0.1) is 0 Å². The molecule has 2 aromatic heterocycles. The van der Waals surface area contributed by atoms with Crippen molar-refractivity contribution in [3.05, 3.63) is 48.4 Å². The van der Waals surface area contributed by atoms with Gasteiger partial charge in [0, 0.05) is 30.2 Å². The van der Waals surface area contributed by atoms with Gasteiger partial charge in [-0.05, 0) is 37.1 Å². The third-order valence-electron chi connectivity index (χ3n) is 2.90. The van der Waals surface area contributed by atoms with Crippen LogP contribution in [0.2, 0.25) is 0 Å². The van der Waals surface area contributed by atoms with Gasteiger partial charge in [-0.1, -0.05) is 0 Å². The molecule has 1 amide bonds. The maximum Gasteiger partial charge on any atom is 0.253 e. The molecule has 2 heterocycles. The lowest BCUT2D eigenvalue weighted by molar-refractivity contribution is 0.0951. The van der Waals surface area contributed by atoms with Gasteiger partial charge in [0.2, 0.25) is 0 Å². The Balaban J connectivity index is 1.78. The number of hydrogen-bond donors (Lipinski definition) is 1. The lowest BCUT2D eigenvalue weighted by Crippen LogP contribution is -2.25. The maximum absolute atomic E-state index is 11.8. The second-order valence-corrected chi connectivity index (χ2v) is 4.42. The van der Waals surface area contributed by atoms with E-state index in [1.54, 1.807) is 24.7 Å². The van der Waals surface area contributed by atoms with Crippen molar-refractivity contribution in [3.63, 3.8) is 0 Å². The zero-order valence-electron chi connectivity index (χ0n) is 9.84. The van der Waals surface area contributed by atoms with Gasteiger partial charge in [0.05, 0.1) is 11.3 Å². The first kappa shape index (κ1) is 10.9. The molecule has 4 heteroatoms. The number of aromatic nitrogens is 2. The number of carbonyl (C=O) groups is 1. The van der Waals surface area contributed by atoms with E-state index in [1.807, 2.05) is 18.2 Å². The van der Waals surface area contributed by atoms with Crippen LogP contribution in [0.4, 0.5) is 0 Å². The number of nitrogens with zero attached hydrogens (tertiary/aromatic N) is 2. The minimum Gasteiger partial charge on any atom is -0.349 e. The molecule has 3 rings (SSSR count). The van der Waals surface area contributed by atoms with Crippen LogP contribution in [0.1, 0.15) is 23.2 Å². The highest BCUT2D eigenvalue weighted by atomic mass is 16.1. The third kappa shape index (κ3) is 2.37. The molecule has 0 aliphatic heterocycles. The lowest BCUT2D eigenvalue weighted by atomic mass is 10.1. The quantitative estimate of drug-likeness (QED) is 0.891. The third-order valence-corrected chi connectivity index (χ3v) is 2.90. The first-order valence-electron chi connectivity index (χ1n) is 6.00. The van der Waals surface area contributed by atoms with Crippen molar-refractivity contribution in [2.75, 3.05) is 0 Å². The molecular weight excluding hydrogens is 226 g/mol. The highest BCUT2D eigenvalue weighted by molar-refractivity contribution is 5.94. The van der Waals surface area contributed by atoms with E-state index in [2.05, 4.69) is 15.3 Å². The minimum absolute atomic E-state index is 0.0391. The van der Waals surface area contributed by atoms with Crippen molar-refractivity contribution < 1.29 is 4.79 Å². The second-order valence-electron chi connectivity index (χ2n) is 4.42. The van der Waals surface area contributed by atoms with E-state index in [0.29, 0.717) is 11.6 Å². The Labute approximate surface area is 105 Å². The molecule has 1 aliphatic rings. The summed E-state index contributed by atoms with van der Waals surface area (Å²) in [6.45, 7) is 0. The molecule has 0 saturated heterocycles. The topological polar surface area (TPSA) is 54.9 Å². The largest absolute Gasteiger partial charge is 0.349 e. The summed E-state index contributed by atoms with van der Waals surface area (Å²) in [4.78, 5) is 20.1. The molecule has 18 heavy (non-hydrogen) atoms. The van der Waals surface area contributed by atoms with Crippen LogP contribution < -0.4 is 5.32 Å². The zero-order chi connectivity index (χ0) is 12.4. The van der Waals surface area contributed by atoms with E-state index in [1.165, 1.54) is 0 Å². The van der Waals surface area contributed by atoms with Crippen molar-refractivity contribution >= 4 is 5.91 Å². The van der Waals surface area contributed by atoms with Gasteiger partial charge >= 0.3 is 0 Å².